The lowest BCUT2D eigenvalue weighted by Crippen LogP contribution is -2.02. The molecule has 0 atom stereocenters. The Bertz CT molecular complexity index is 503. The molecule has 0 fully saturated rings. The van der Waals surface area contributed by atoms with Crippen LogP contribution in [0.2, 0.25) is 0 Å². The Hall–Kier alpha value is -2.10. The molecule has 4 heteroatoms. The minimum atomic E-state index is 0.517. The Morgan fingerprint density at radius 2 is 1.89 bits per heavy atom. The molecule has 0 saturated heterocycles. The van der Waals surface area contributed by atoms with Crippen LogP contribution in [0.5, 0.6) is 5.75 Å². The molecule has 2 aromatic rings. The predicted molar refractivity (Wildman–Crippen MR) is 71.6 cm³/mol. The van der Waals surface area contributed by atoms with Crippen molar-refractivity contribution in [3.05, 3.63) is 47.4 Å². The number of rotatable bonds is 4. The molecule has 1 aromatic heterocycles. The van der Waals surface area contributed by atoms with Crippen molar-refractivity contribution in [2.75, 3.05) is 12.3 Å². The van der Waals surface area contributed by atoms with E-state index in [0.717, 1.165) is 22.8 Å². The van der Waals surface area contributed by atoms with Crippen molar-refractivity contribution >= 4 is 5.82 Å². The standard InChI is InChI=1S/C14H17N3O/c1-3-18-12-6-4-11(5-7-12)9-14-16-10(2)8-13(15)17-14/h4-8H,3,9H2,1-2H3,(H2,15,16,17). The first-order chi connectivity index (χ1) is 8.67. The molecule has 94 valence electrons. The largest absolute Gasteiger partial charge is 0.494 e. The Kier molecular flexibility index (Phi) is 3.77. The summed E-state index contributed by atoms with van der Waals surface area (Å²) in [6.45, 7) is 4.56. The van der Waals surface area contributed by atoms with Crippen molar-refractivity contribution in [3.63, 3.8) is 0 Å². The lowest BCUT2D eigenvalue weighted by atomic mass is 10.1. The van der Waals surface area contributed by atoms with Gasteiger partial charge in [-0.1, -0.05) is 12.1 Å². The van der Waals surface area contributed by atoms with Gasteiger partial charge in [0.2, 0.25) is 0 Å². The van der Waals surface area contributed by atoms with E-state index in [2.05, 4.69) is 9.97 Å². The summed E-state index contributed by atoms with van der Waals surface area (Å²) >= 11 is 0. The van der Waals surface area contributed by atoms with Crippen LogP contribution in [0.25, 0.3) is 0 Å². The van der Waals surface area contributed by atoms with E-state index < -0.39 is 0 Å². The van der Waals surface area contributed by atoms with Crippen LogP contribution in [-0.4, -0.2) is 16.6 Å². The van der Waals surface area contributed by atoms with Crippen molar-refractivity contribution < 1.29 is 4.74 Å². The van der Waals surface area contributed by atoms with Gasteiger partial charge in [0, 0.05) is 18.2 Å². The highest BCUT2D eigenvalue weighted by Gasteiger charge is 2.02. The van der Waals surface area contributed by atoms with Gasteiger partial charge in [0.25, 0.3) is 0 Å². The van der Waals surface area contributed by atoms with Crippen molar-refractivity contribution in [3.8, 4) is 5.75 Å². The highest BCUT2D eigenvalue weighted by atomic mass is 16.5. The maximum Gasteiger partial charge on any atom is 0.135 e. The van der Waals surface area contributed by atoms with E-state index in [1.165, 1.54) is 0 Å². The molecular weight excluding hydrogens is 226 g/mol. The molecule has 0 saturated carbocycles. The zero-order valence-corrected chi connectivity index (χ0v) is 10.7. The average Bonchev–Trinajstić information content (AvgIpc) is 2.31. The molecule has 0 aliphatic carbocycles. The number of aryl methyl sites for hydroxylation is 1. The fraction of sp³-hybridized carbons (Fsp3) is 0.286. The maximum absolute atomic E-state index is 5.71. The van der Waals surface area contributed by atoms with Crippen molar-refractivity contribution in [2.24, 2.45) is 0 Å². The predicted octanol–water partition coefficient (Wildman–Crippen LogP) is 2.36. The number of nitrogens with zero attached hydrogens (tertiary/aromatic N) is 2. The molecule has 1 heterocycles. The third kappa shape index (κ3) is 3.20. The highest BCUT2D eigenvalue weighted by molar-refractivity contribution is 5.32. The van der Waals surface area contributed by atoms with E-state index >= 15 is 0 Å². The monoisotopic (exact) mass is 243 g/mol. The van der Waals surface area contributed by atoms with Gasteiger partial charge >= 0.3 is 0 Å². The number of ether oxygens (including phenoxy) is 1. The summed E-state index contributed by atoms with van der Waals surface area (Å²) in [4.78, 5) is 8.59. The Morgan fingerprint density at radius 1 is 1.17 bits per heavy atom. The van der Waals surface area contributed by atoms with E-state index in [1.807, 2.05) is 38.1 Å². The number of nitrogens with two attached hydrogens (primary N) is 1. The second kappa shape index (κ2) is 5.49. The van der Waals surface area contributed by atoms with Crippen molar-refractivity contribution in [1.29, 1.82) is 0 Å². The molecule has 1 aromatic carbocycles. The summed E-state index contributed by atoms with van der Waals surface area (Å²) in [5, 5.41) is 0. The number of nitrogen functional groups attached to an aromatic ring is 1. The summed E-state index contributed by atoms with van der Waals surface area (Å²) in [5.74, 6) is 2.14. The van der Waals surface area contributed by atoms with Gasteiger partial charge in [-0.25, -0.2) is 9.97 Å². The van der Waals surface area contributed by atoms with E-state index in [0.29, 0.717) is 18.8 Å². The van der Waals surface area contributed by atoms with Crippen LogP contribution in [0, 0.1) is 6.92 Å². The topological polar surface area (TPSA) is 61.0 Å². The van der Waals surface area contributed by atoms with E-state index in [9.17, 15) is 0 Å². The number of anilines is 1. The molecule has 0 aliphatic heterocycles. The second-order valence-electron chi connectivity index (χ2n) is 4.10. The molecule has 0 spiro atoms. The zero-order valence-electron chi connectivity index (χ0n) is 10.7. The second-order valence-corrected chi connectivity index (χ2v) is 4.10. The van der Waals surface area contributed by atoms with Crippen molar-refractivity contribution in [1.82, 2.24) is 9.97 Å². The SMILES string of the molecule is CCOc1ccc(Cc2nc(C)cc(N)n2)cc1. The van der Waals surface area contributed by atoms with E-state index in [-0.39, 0.29) is 0 Å². The smallest absolute Gasteiger partial charge is 0.135 e. The van der Waals surface area contributed by atoms with Crippen LogP contribution < -0.4 is 10.5 Å². The normalized spacial score (nSPS) is 10.3. The van der Waals surface area contributed by atoms with Crippen LogP contribution in [0.3, 0.4) is 0 Å². The van der Waals surface area contributed by atoms with Crippen LogP contribution in [-0.2, 0) is 6.42 Å². The van der Waals surface area contributed by atoms with Gasteiger partial charge in [-0.2, -0.15) is 0 Å². The average molecular weight is 243 g/mol. The van der Waals surface area contributed by atoms with Gasteiger partial charge in [-0.3, -0.25) is 0 Å². The summed E-state index contributed by atoms with van der Waals surface area (Å²) < 4.78 is 5.40. The molecule has 18 heavy (non-hydrogen) atoms. The van der Waals surface area contributed by atoms with Gasteiger partial charge in [0.05, 0.1) is 6.61 Å². The maximum atomic E-state index is 5.71. The summed E-state index contributed by atoms with van der Waals surface area (Å²) in [7, 11) is 0. The number of aromatic nitrogens is 2. The summed E-state index contributed by atoms with van der Waals surface area (Å²) in [6.07, 6.45) is 0.679. The van der Waals surface area contributed by atoms with Crippen LogP contribution in [0.1, 0.15) is 24.0 Å². The molecule has 2 rings (SSSR count). The Morgan fingerprint density at radius 3 is 2.50 bits per heavy atom. The Balaban J connectivity index is 2.13. The molecule has 2 N–H and O–H groups in total. The summed E-state index contributed by atoms with van der Waals surface area (Å²) in [5.41, 5.74) is 7.74. The molecule has 0 radical (unpaired) electrons. The molecule has 0 unspecified atom stereocenters. The molecular formula is C14H17N3O. The van der Waals surface area contributed by atoms with Crippen LogP contribution in [0.4, 0.5) is 5.82 Å². The lowest BCUT2D eigenvalue weighted by molar-refractivity contribution is 0.340. The molecule has 0 aliphatic rings. The minimum absolute atomic E-state index is 0.517. The van der Waals surface area contributed by atoms with Gasteiger partial charge < -0.3 is 10.5 Å². The fourth-order valence-corrected chi connectivity index (χ4v) is 1.79. The van der Waals surface area contributed by atoms with Gasteiger partial charge in [-0.15, -0.1) is 0 Å². The molecule has 0 bridgehead atoms. The number of hydrogen-bond acceptors (Lipinski definition) is 4. The first-order valence-corrected chi connectivity index (χ1v) is 5.99. The third-order valence-electron chi connectivity index (χ3n) is 2.52. The van der Waals surface area contributed by atoms with E-state index in [1.54, 1.807) is 6.07 Å². The molecule has 4 nitrogen and oxygen atoms in total. The first kappa shape index (κ1) is 12.4. The third-order valence-corrected chi connectivity index (χ3v) is 2.52. The van der Waals surface area contributed by atoms with Crippen molar-refractivity contribution in [2.45, 2.75) is 20.3 Å². The van der Waals surface area contributed by atoms with Crippen LogP contribution in [0.15, 0.2) is 30.3 Å². The quantitative estimate of drug-likeness (QED) is 0.895. The number of benzene rings is 1. The lowest BCUT2D eigenvalue weighted by Gasteiger charge is -2.05. The summed E-state index contributed by atoms with van der Waals surface area (Å²) in [6, 6.07) is 9.72. The van der Waals surface area contributed by atoms with Gasteiger partial charge in [0.1, 0.15) is 17.4 Å². The van der Waals surface area contributed by atoms with Crippen LogP contribution >= 0.6 is 0 Å². The Labute approximate surface area is 107 Å². The van der Waals surface area contributed by atoms with Gasteiger partial charge in [0.15, 0.2) is 0 Å². The first-order valence-electron chi connectivity index (χ1n) is 5.99. The minimum Gasteiger partial charge on any atom is -0.494 e. The number of hydrogen-bond donors (Lipinski definition) is 1. The van der Waals surface area contributed by atoms with E-state index in [4.69, 9.17) is 10.5 Å². The molecule has 0 amide bonds. The highest BCUT2D eigenvalue weighted by Crippen LogP contribution is 2.14. The van der Waals surface area contributed by atoms with Gasteiger partial charge in [-0.05, 0) is 31.5 Å². The zero-order chi connectivity index (χ0) is 13.0. The fourth-order valence-electron chi connectivity index (χ4n) is 1.79.